The summed E-state index contributed by atoms with van der Waals surface area (Å²) in [6.07, 6.45) is 2.90. The third-order valence-corrected chi connectivity index (χ3v) is 5.75. The van der Waals surface area contributed by atoms with Crippen LogP contribution in [-0.4, -0.2) is 87.6 Å². The largest absolute Gasteiger partial charge is 0.368 e. The molecule has 0 aromatic carbocycles. The average Bonchev–Trinajstić information content (AvgIpc) is 3.34. The van der Waals surface area contributed by atoms with Crippen LogP contribution in [0.4, 0.5) is 0 Å². The number of nitrogens with two attached hydrogens (primary N) is 1. The van der Waals surface area contributed by atoms with Crippen molar-refractivity contribution in [1.29, 1.82) is 0 Å². The molecule has 0 radical (unpaired) electrons. The molecule has 0 aliphatic heterocycles. The molecular formula is C21H34N8O6S2. The van der Waals surface area contributed by atoms with Gasteiger partial charge < -0.3 is 37.3 Å². The van der Waals surface area contributed by atoms with E-state index in [1.165, 1.54) is 19.4 Å². The number of aromatic nitrogens is 2. The average molecular weight is 559 g/mol. The number of hydrogen-bond donors (Lipinski definition) is 9. The Labute approximate surface area is 225 Å². The van der Waals surface area contributed by atoms with E-state index in [0.717, 1.165) is 0 Å². The van der Waals surface area contributed by atoms with Crippen LogP contribution in [-0.2, 0) is 35.2 Å². The highest BCUT2D eigenvalue weighted by Crippen LogP contribution is 2.04. The molecule has 8 N–H and O–H groups in total. The highest BCUT2D eigenvalue weighted by Gasteiger charge is 2.29. The summed E-state index contributed by atoms with van der Waals surface area (Å²) in [5, 5.41) is 12.3. The van der Waals surface area contributed by atoms with Gasteiger partial charge in [-0.1, -0.05) is 13.8 Å². The number of rotatable bonds is 15. The summed E-state index contributed by atoms with van der Waals surface area (Å²) in [4.78, 5) is 80.0. The lowest BCUT2D eigenvalue weighted by atomic mass is 10.0. The van der Waals surface area contributed by atoms with Crippen LogP contribution in [0.15, 0.2) is 12.5 Å². The minimum Gasteiger partial charge on any atom is -0.368 e. The lowest BCUT2D eigenvalue weighted by molar-refractivity contribution is -0.133. The molecule has 14 nitrogen and oxygen atoms in total. The second-order valence-electron chi connectivity index (χ2n) is 8.43. The van der Waals surface area contributed by atoms with Crippen LogP contribution >= 0.6 is 25.3 Å². The number of nitrogens with one attached hydrogen (secondary N) is 6. The summed E-state index contributed by atoms with van der Waals surface area (Å²) in [6, 6.07) is -4.12. The number of primary amides is 1. The van der Waals surface area contributed by atoms with Crippen molar-refractivity contribution in [2.45, 2.75) is 51.4 Å². The maximum atomic E-state index is 12.9. The molecular weight excluding hydrogens is 524 g/mol. The fraction of sp³-hybridized carbons (Fsp3) is 0.571. The van der Waals surface area contributed by atoms with Gasteiger partial charge in [0.25, 0.3) is 0 Å². The van der Waals surface area contributed by atoms with Crippen molar-refractivity contribution in [3.8, 4) is 0 Å². The van der Waals surface area contributed by atoms with Crippen molar-refractivity contribution < 1.29 is 28.8 Å². The topological polar surface area (TPSA) is 217 Å². The van der Waals surface area contributed by atoms with E-state index in [1.54, 1.807) is 13.8 Å². The number of carbonyl (C=O) groups excluding carboxylic acids is 6. The Kier molecular flexibility index (Phi) is 13.5. The van der Waals surface area contributed by atoms with Crippen molar-refractivity contribution in [3.05, 3.63) is 18.2 Å². The van der Waals surface area contributed by atoms with E-state index in [0.29, 0.717) is 5.69 Å². The van der Waals surface area contributed by atoms with Crippen LogP contribution < -0.4 is 32.3 Å². The summed E-state index contributed by atoms with van der Waals surface area (Å²) >= 11 is 8.03. The number of thiol groups is 2. The molecule has 37 heavy (non-hydrogen) atoms. The first-order valence-corrected chi connectivity index (χ1v) is 12.6. The summed E-state index contributed by atoms with van der Waals surface area (Å²) in [5.41, 5.74) is 5.76. The van der Waals surface area contributed by atoms with E-state index >= 15 is 0 Å². The Hall–Kier alpha value is -3.27. The van der Waals surface area contributed by atoms with Crippen LogP contribution in [0.5, 0.6) is 0 Å². The number of amides is 6. The van der Waals surface area contributed by atoms with E-state index in [1.807, 2.05) is 0 Å². The van der Waals surface area contributed by atoms with E-state index in [2.05, 4.69) is 61.8 Å². The standard InChI is InChI=1S/C21H34N8O6S2/c1-10(2)17(21(35)28-14(7-36)18(22)32)29-16(31)6-24-19(33)13(4-12-5-23-9-25-12)27-20(34)15(8-37)26-11(3)30/h5,9-10,13-15,17,36-37H,4,6-8H2,1-3H3,(H2,22,32)(H,23,25)(H,24,33)(H,26,30)(H,27,34)(H,28,35)(H,29,31)/t13-,14-,15-,17-/m0/s1. The number of carbonyl (C=O) groups is 6. The van der Waals surface area contributed by atoms with E-state index in [9.17, 15) is 28.8 Å². The molecule has 206 valence electrons. The van der Waals surface area contributed by atoms with Crippen LogP contribution in [0.25, 0.3) is 0 Å². The molecule has 0 aliphatic rings. The van der Waals surface area contributed by atoms with E-state index in [-0.39, 0.29) is 23.8 Å². The highest BCUT2D eigenvalue weighted by molar-refractivity contribution is 7.80. The fourth-order valence-electron chi connectivity index (χ4n) is 3.06. The third-order valence-electron chi connectivity index (χ3n) is 5.02. The summed E-state index contributed by atoms with van der Waals surface area (Å²) in [6.45, 7) is 4.12. The third kappa shape index (κ3) is 11.1. The Morgan fingerprint density at radius 1 is 0.919 bits per heavy atom. The monoisotopic (exact) mass is 558 g/mol. The van der Waals surface area contributed by atoms with Gasteiger partial charge in [-0.15, -0.1) is 0 Å². The summed E-state index contributed by atoms with van der Waals surface area (Å²) in [5.74, 6) is -4.23. The minimum absolute atomic E-state index is 0.00526. The molecule has 1 aromatic rings. The zero-order chi connectivity index (χ0) is 28.1. The lowest BCUT2D eigenvalue weighted by Gasteiger charge is -2.24. The second-order valence-corrected chi connectivity index (χ2v) is 9.16. The van der Waals surface area contributed by atoms with Crippen LogP contribution in [0, 0.1) is 5.92 Å². The Morgan fingerprint density at radius 2 is 1.54 bits per heavy atom. The van der Waals surface area contributed by atoms with Crippen LogP contribution in [0.3, 0.4) is 0 Å². The minimum atomic E-state index is -1.12. The molecule has 0 spiro atoms. The van der Waals surface area contributed by atoms with Crippen molar-refractivity contribution in [2.75, 3.05) is 18.1 Å². The van der Waals surface area contributed by atoms with Crippen molar-refractivity contribution in [3.63, 3.8) is 0 Å². The van der Waals surface area contributed by atoms with Crippen molar-refractivity contribution in [2.24, 2.45) is 11.7 Å². The highest BCUT2D eigenvalue weighted by atomic mass is 32.1. The molecule has 6 amide bonds. The van der Waals surface area contributed by atoms with Crippen molar-refractivity contribution >= 4 is 60.7 Å². The molecule has 0 aliphatic carbocycles. The molecule has 4 atom stereocenters. The number of nitrogens with zero attached hydrogens (tertiary/aromatic N) is 1. The van der Waals surface area contributed by atoms with Gasteiger partial charge in [-0.2, -0.15) is 25.3 Å². The number of aromatic amines is 1. The van der Waals surface area contributed by atoms with Crippen LogP contribution in [0.1, 0.15) is 26.5 Å². The van der Waals surface area contributed by atoms with Gasteiger partial charge in [0, 0.05) is 36.7 Å². The smallest absolute Gasteiger partial charge is 0.244 e. The molecule has 1 rings (SSSR count). The predicted molar refractivity (Wildman–Crippen MR) is 140 cm³/mol. The van der Waals surface area contributed by atoms with Gasteiger partial charge in [0.05, 0.1) is 12.9 Å². The van der Waals surface area contributed by atoms with Gasteiger partial charge in [0.1, 0.15) is 24.2 Å². The van der Waals surface area contributed by atoms with E-state index in [4.69, 9.17) is 5.73 Å². The molecule has 0 fully saturated rings. The maximum absolute atomic E-state index is 12.9. The molecule has 0 bridgehead atoms. The molecule has 0 unspecified atom stereocenters. The first-order chi connectivity index (χ1) is 17.4. The molecule has 16 heteroatoms. The van der Waals surface area contributed by atoms with E-state index < -0.39 is 66.2 Å². The lowest BCUT2D eigenvalue weighted by Crippen LogP contribution is -2.57. The Bertz CT molecular complexity index is 959. The van der Waals surface area contributed by atoms with Gasteiger partial charge in [-0.3, -0.25) is 28.8 Å². The van der Waals surface area contributed by atoms with Crippen molar-refractivity contribution in [1.82, 2.24) is 36.6 Å². The molecule has 0 saturated heterocycles. The predicted octanol–water partition coefficient (Wildman–Crippen LogP) is -2.97. The Balaban J connectivity index is 2.84. The molecule has 1 aromatic heterocycles. The zero-order valence-electron chi connectivity index (χ0n) is 20.7. The second kappa shape index (κ2) is 15.8. The van der Waals surface area contributed by atoms with Gasteiger partial charge >= 0.3 is 0 Å². The SMILES string of the molecule is CC(=O)N[C@@H](CS)C(=O)N[C@@H](Cc1cnc[nH]1)C(=O)NCC(=O)N[C@H](C(=O)N[C@@H](CS)C(N)=O)C(C)C. The number of H-pyrrole nitrogens is 1. The Morgan fingerprint density at radius 3 is 2.03 bits per heavy atom. The molecule has 0 saturated carbocycles. The summed E-state index contributed by atoms with van der Waals surface area (Å²) in [7, 11) is 0. The van der Waals surface area contributed by atoms with Crippen LogP contribution in [0.2, 0.25) is 0 Å². The molecule has 1 heterocycles. The zero-order valence-corrected chi connectivity index (χ0v) is 22.5. The van der Waals surface area contributed by atoms with Gasteiger partial charge in [-0.25, -0.2) is 4.98 Å². The first kappa shape index (κ1) is 31.8. The first-order valence-electron chi connectivity index (χ1n) is 11.3. The van der Waals surface area contributed by atoms with Gasteiger partial charge in [0.2, 0.25) is 35.4 Å². The number of imidazole rings is 1. The van der Waals surface area contributed by atoms with Gasteiger partial charge in [0.15, 0.2) is 0 Å². The fourth-order valence-corrected chi connectivity index (χ4v) is 3.58. The summed E-state index contributed by atoms with van der Waals surface area (Å²) < 4.78 is 0. The van der Waals surface area contributed by atoms with Gasteiger partial charge in [-0.05, 0) is 5.92 Å². The normalized spacial score (nSPS) is 14.0. The maximum Gasteiger partial charge on any atom is 0.244 e. The number of hydrogen-bond acceptors (Lipinski definition) is 9. The quantitative estimate of drug-likeness (QED) is 0.102.